The first-order chi connectivity index (χ1) is 12.4. The number of carboxylic acids is 1. The number of carbonyl (C=O) groups excluding carboxylic acids is 3. The molecule has 0 amide bonds. The molecule has 0 aliphatic heterocycles. The third-order valence-electron chi connectivity index (χ3n) is 3.57. The van der Waals surface area contributed by atoms with Gasteiger partial charge in [0.05, 0.1) is 23.0 Å². The number of esters is 2. The SMILES string of the molecule is CC(C)C(=O)Oc1c(O)cc(C(=O)O)c(C(=O)C(C)C)c1OC(=O)C(C)C. The highest BCUT2D eigenvalue weighted by molar-refractivity contribution is 6.10. The maximum Gasteiger partial charge on any atom is 0.336 e. The summed E-state index contributed by atoms with van der Waals surface area (Å²) in [5.41, 5.74) is -0.988. The Kier molecular flexibility index (Phi) is 7.10. The molecule has 0 aromatic heterocycles. The van der Waals surface area contributed by atoms with Crippen molar-refractivity contribution in [1.29, 1.82) is 0 Å². The van der Waals surface area contributed by atoms with Crippen LogP contribution in [0.3, 0.4) is 0 Å². The van der Waals surface area contributed by atoms with E-state index in [1.165, 1.54) is 27.7 Å². The van der Waals surface area contributed by atoms with Gasteiger partial charge in [-0.2, -0.15) is 0 Å². The second kappa shape index (κ2) is 8.66. The molecule has 0 atom stereocenters. The average molecular weight is 380 g/mol. The maximum absolute atomic E-state index is 12.6. The zero-order chi connectivity index (χ0) is 21.0. The van der Waals surface area contributed by atoms with Gasteiger partial charge in [0.25, 0.3) is 0 Å². The summed E-state index contributed by atoms with van der Waals surface area (Å²) in [5.74, 6) is -7.37. The number of phenolic OH excluding ortho intramolecular Hbond substituents is 1. The van der Waals surface area contributed by atoms with Gasteiger partial charge in [0.15, 0.2) is 17.3 Å². The van der Waals surface area contributed by atoms with Crippen LogP contribution in [0.15, 0.2) is 6.07 Å². The second-order valence-electron chi connectivity index (χ2n) is 6.95. The van der Waals surface area contributed by atoms with Gasteiger partial charge >= 0.3 is 17.9 Å². The van der Waals surface area contributed by atoms with Crippen LogP contribution < -0.4 is 9.47 Å². The van der Waals surface area contributed by atoms with E-state index in [1.807, 2.05) is 0 Å². The van der Waals surface area contributed by atoms with E-state index in [2.05, 4.69) is 0 Å². The Morgan fingerprint density at radius 3 is 1.63 bits per heavy atom. The molecule has 0 bridgehead atoms. The topological polar surface area (TPSA) is 127 Å². The molecule has 0 unspecified atom stereocenters. The van der Waals surface area contributed by atoms with E-state index in [9.17, 15) is 29.4 Å². The van der Waals surface area contributed by atoms with Crippen LogP contribution in [0.5, 0.6) is 17.2 Å². The highest BCUT2D eigenvalue weighted by Gasteiger charge is 2.32. The van der Waals surface area contributed by atoms with Crippen LogP contribution in [0, 0.1) is 17.8 Å². The van der Waals surface area contributed by atoms with Crippen molar-refractivity contribution in [3.05, 3.63) is 17.2 Å². The van der Waals surface area contributed by atoms with E-state index >= 15 is 0 Å². The van der Waals surface area contributed by atoms with Crippen molar-refractivity contribution >= 4 is 23.7 Å². The van der Waals surface area contributed by atoms with Crippen LogP contribution in [0.25, 0.3) is 0 Å². The number of rotatable bonds is 7. The predicted molar refractivity (Wildman–Crippen MR) is 95.2 cm³/mol. The van der Waals surface area contributed by atoms with Crippen molar-refractivity contribution in [3.63, 3.8) is 0 Å². The summed E-state index contributed by atoms with van der Waals surface area (Å²) in [5, 5.41) is 19.6. The lowest BCUT2D eigenvalue weighted by atomic mass is 9.94. The van der Waals surface area contributed by atoms with Gasteiger partial charge in [0.1, 0.15) is 0 Å². The zero-order valence-corrected chi connectivity index (χ0v) is 16.2. The van der Waals surface area contributed by atoms with Gasteiger partial charge in [-0.3, -0.25) is 14.4 Å². The van der Waals surface area contributed by atoms with E-state index in [4.69, 9.17) is 9.47 Å². The van der Waals surface area contributed by atoms with Crippen LogP contribution in [0.4, 0.5) is 0 Å². The number of hydrogen-bond donors (Lipinski definition) is 2. The van der Waals surface area contributed by atoms with E-state index in [-0.39, 0.29) is 0 Å². The summed E-state index contributed by atoms with van der Waals surface area (Å²) in [6.45, 7) is 9.24. The Morgan fingerprint density at radius 2 is 1.26 bits per heavy atom. The number of carbonyl (C=O) groups is 4. The smallest absolute Gasteiger partial charge is 0.336 e. The quantitative estimate of drug-likeness (QED) is 0.420. The number of Topliss-reactive ketones (excluding diaryl/α,β-unsaturated/α-hetero) is 1. The molecule has 0 fully saturated rings. The molecule has 8 heteroatoms. The lowest BCUT2D eigenvalue weighted by Gasteiger charge is -2.19. The lowest BCUT2D eigenvalue weighted by Crippen LogP contribution is -2.22. The standard InChI is InChI=1S/C19H24O8/c1-8(2)14(21)13-11(17(22)23)7-12(20)15(26-18(24)9(3)4)16(13)27-19(25)10(5)6/h7-10,20H,1-6H3,(H,22,23). The molecule has 0 saturated carbocycles. The summed E-state index contributed by atoms with van der Waals surface area (Å²) in [6, 6.07) is 0.799. The molecular formula is C19H24O8. The Hall–Kier alpha value is -2.90. The molecule has 148 valence electrons. The third-order valence-corrected chi connectivity index (χ3v) is 3.57. The predicted octanol–water partition coefficient (Wildman–Crippen LogP) is 3.05. The van der Waals surface area contributed by atoms with Gasteiger partial charge in [-0.25, -0.2) is 4.79 Å². The van der Waals surface area contributed by atoms with Gasteiger partial charge in [0, 0.05) is 5.92 Å². The molecule has 0 spiro atoms. The molecule has 27 heavy (non-hydrogen) atoms. The van der Waals surface area contributed by atoms with Gasteiger partial charge in [0.2, 0.25) is 5.75 Å². The Balaban J connectivity index is 3.82. The molecule has 0 saturated heterocycles. The minimum atomic E-state index is -1.50. The molecule has 0 heterocycles. The molecule has 1 rings (SSSR count). The fraction of sp³-hybridized carbons (Fsp3) is 0.474. The fourth-order valence-electron chi connectivity index (χ4n) is 1.96. The number of ketones is 1. The number of carboxylic acid groups (broad SMARTS) is 1. The molecular weight excluding hydrogens is 356 g/mol. The fourth-order valence-corrected chi connectivity index (χ4v) is 1.96. The number of aromatic hydroxyl groups is 1. The van der Waals surface area contributed by atoms with Gasteiger partial charge < -0.3 is 19.7 Å². The number of phenols is 1. The van der Waals surface area contributed by atoms with Gasteiger partial charge in [-0.1, -0.05) is 41.5 Å². The molecule has 1 aromatic carbocycles. The average Bonchev–Trinajstić information content (AvgIpc) is 2.56. The van der Waals surface area contributed by atoms with Crippen molar-refractivity contribution in [2.75, 3.05) is 0 Å². The van der Waals surface area contributed by atoms with Crippen molar-refractivity contribution in [1.82, 2.24) is 0 Å². The molecule has 0 radical (unpaired) electrons. The number of benzene rings is 1. The summed E-state index contributed by atoms with van der Waals surface area (Å²) < 4.78 is 10.3. The summed E-state index contributed by atoms with van der Waals surface area (Å²) >= 11 is 0. The number of hydrogen-bond acceptors (Lipinski definition) is 7. The highest BCUT2D eigenvalue weighted by atomic mass is 16.6. The number of ether oxygens (including phenoxy) is 2. The highest BCUT2D eigenvalue weighted by Crippen LogP contribution is 2.43. The van der Waals surface area contributed by atoms with Gasteiger partial charge in [-0.05, 0) is 6.07 Å². The molecule has 1 aromatic rings. The summed E-state index contributed by atoms with van der Waals surface area (Å²) in [7, 11) is 0. The molecule has 2 N–H and O–H groups in total. The largest absolute Gasteiger partial charge is 0.504 e. The van der Waals surface area contributed by atoms with Crippen molar-refractivity contribution in [2.45, 2.75) is 41.5 Å². The summed E-state index contributed by atoms with van der Waals surface area (Å²) in [4.78, 5) is 48.4. The maximum atomic E-state index is 12.6. The zero-order valence-electron chi connectivity index (χ0n) is 16.2. The third kappa shape index (κ3) is 5.06. The summed E-state index contributed by atoms with van der Waals surface area (Å²) in [6.07, 6.45) is 0. The Morgan fingerprint density at radius 1 is 0.815 bits per heavy atom. The van der Waals surface area contributed by atoms with E-state index < -0.39 is 69.8 Å². The monoisotopic (exact) mass is 380 g/mol. The van der Waals surface area contributed by atoms with Crippen molar-refractivity contribution < 1.29 is 38.9 Å². The van der Waals surface area contributed by atoms with Gasteiger partial charge in [-0.15, -0.1) is 0 Å². The van der Waals surface area contributed by atoms with E-state index in [1.54, 1.807) is 13.8 Å². The number of aromatic carboxylic acids is 1. The normalized spacial score (nSPS) is 11.0. The van der Waals surface area contributed by atoms with Crippen LogP contribution in [0.2, 0.25) is 0 Å². The lowest BCUT2D eigenvalue weighted by molar-refractivity contribution is -0.140. The Labute approximate surface area is 157 Å². The van der Waals surface area contributed by atoms with E-state index in [0.717, 1.165) is 6.07 Å². The van der Waals surface area contributed by atoms with Crippen LogP contribution in [-0.2, 0) is 9.59 Å². The minimum Gasteiger partial charge on any atom is -0.504 e. The van der Waals surface area contributed by atoms with Crippen LogP contribution >= 0.6 is 0 Å². The van der Waals surface area contributed by atoms with E-state index in [0.29, 0.717) is 0 Å². The van der Waals surface area contributed by atoms with Crippen molar-refractivity contribution in [2.24, 2.45) is 17.8 Å². The second-order valence-corrected chi connectivity index (χ2v) is 6.95. The Bertz CT molecular complexity index is 774. The first kappa shape index (κ1) is 22.1. The first-order valence-electron chi connectivity index (χ1n) is 8.49. The van der Waals surface area contributed by atoms with Crippen molar-refractivity contribution in [3.8, 4) is 17.2 Å². The van der Waals surface area contributed by atoms with Crippen LogP contribution in [-0.4, -0.2) is 33.9 Å². The van der Waals surface area contributed by atoms with Crippen LogP contribution in [0.1, 0.15) is 62.3 Å². The molecule has 0 aliphatic carbocycles. The molecule has 0 aliphatic rings. The minimum absolute atomic E-state index is 0.434. The first-order valence-corrected chi connectivity index (χ1v) is 8.49. The molecule has 8 nitrogen and oxygen atoms in total.